The summed E-state index contributed by atoms with van der Waals surface area (Å²) >= 11 is 0. The van der Waals surface area contributed by atoms with E-state index in [2.05, 4.69) is 61.9 Å². The van der Waals surface area contributed by atoms with Gasteiger partial charge in [-0.05, 0) is 27.7 Å². The minimum atomic E-state index is -0.116. The van der Waals surface area contributed by atoms with Gasteiger partial charge in [0.25, 0.3) is 0 Å². The van der Waals surface area contributed by atoms with E-state index in [-0.39, 0.29) is 5.54 Å². The Hall–Kier alpha value is -2.23. The first-order valence-corrected chi connectivity index (χ1v) is 6.73. The Kier molecular flexibility index (Phi) is 2.82. The van der Waals surface area contributed by atoms with Crippen molar-refractivity contribution in [3.63, 3.8) is 0 Å². The van der Waals surface area contributed by atoms with Crippen LogP contribution in [0.15, 0.2) is 36.8 Å². The molecule has 0 fully saturated rings. The molecule has 0 saturated carbocycles. The zero-order chi connectivity index (χ0) is 14.3. The summed E-state index contributed by atoms with van der Waals surface area (Å²) in [5.41, 5.74) is 4.04. The molecular formula is C16H18N4. The van der Waals surface area contributed by atoms with Gasteiger partial charge in [-0.3, -0.25) is 0 Å². The standard InChI is InChI=1S/C16H18N4/c1-11-5-7-12(8-6-11)14-13-9-17-10-18-15(13)20(19-14)16(2,3)4/h5-10H,1-4H3. The summed E-state index contributed by atoms with van der Waals surface area (Å²) in [5.74, 6) is 0. The fraction of sp³-hybridized carbons (Fsp3) is 0.312. The number of benzene rings is 1. The summed E-state index contributed by atoms with van der Waals surface area (Å²) in [6, 6.07) is 8.39. The molecule has 102 valence electrons. The fourth-order valence-corrected chi connectivity index (χ4v) is 2.25. The van der Waals surface area contributed by atoms with Gasteiger partial charge in [0, 0.05) is 11.8 Å². The first-order chi connectivity index (χ1) is 9.47. The van der Waals surface area contributed by atoms with Crippen LogP contribution in [0.5, 0.6) is 0 Å². The van der Waals surface area contributed by atoms with E-state index in [1.165, 1.54) is 5.56 Å². The van der Waals surface area contributed by atoms with Gasteiger partial charge in [0.05, 0.1) is 10.9 Å². The van der Waals surface area contributed by atoms with E-state index >= 15 is 0 Å². The Morgan fingerprint density at radius 1 is 1.05 bits per heavy atom. The fourth-order valence-electron chi connectivity index (χ4n) is 2.25. The maximum atomic E-state index is 4.77. The van der Waals surface area contributed by atoms with Gasteiger partial charge in [-0.1, -0.05) is 29.8 Å². The second kappa shape index (κ2) is 4.40. The minimum absolute atomic E-state index is 0.116. The molecule has 2 aromatic heterocycles. The summed E-state index contributed by atoms with van der Waals surface area (Å²) in [6.07, 6.45) is 3.41. The maximum absolute atomic E-state index is 4.77. The van der Waals surface area contributed by atoms with Crippen molar-refractivity contribution >= 4 is 11.0 Å². The first kappa shape index (κ1) is 12.8. The Labute approximate surface area is 118 Å². The van der Waals surface area contributed by atoms with Crippen LogP contribution in [0.1, 0.15) is 26.3 Å². The molecular weight excluding hydrogens is 248 g/mol. The number of hydrogen-bond acceptors (Lipinski definition) is 3. The molecule has 4 nitrogen and oxygen atoms in total. The predicted octanol–water partition coefficient (Wildman–Crippen LogP) is 3.56. The zero-order valence-corrected chi connectivity index (χ0v) is 12.3. The van der Waals surface area contributed by atoms with Gasteiger partial charge in [-0.15, -0.1) is 0 Å². The lowest BCUT2D eigenvalue weighted by Gasteiger charge is -2.19. The predicted molar refractivity (Wildman–Crippen MR) is 80.5 cm³/mol. The molecule has 2 heterocycles. The molecule has 0 spiro atoms. The van der Waals surface area contributed by atoms with E-state index in [4.69, 9.17) is 5.10 Å². The molecule has 0 N–H and O–H groups in total. The first-order valence-electron chi connectivity index (χ1n) is 6.73. The summed E-state index contributed by atoms with van der Waals surface area (Å²) in [5, 5.41) is 5.77. The van der Waals surface area contributed by atoms with E-state index in [0.29, 0.717) is 0 Å². The number of aryl methyl sites for hydroxylation is 1. The van der Waals surface area contributed by atoms with Crippen molar-refractivity contribution in [2.24, 2.45) is 0 Å². The van der Waals surface area contributed by atoms with Crippen LogP contribution >= 0.6 is 0 Å². The molecule has 1 aromatic carbocycles. The third-order valence-corrected chi connectivity index (χ3v) is 3.31. The molecule has 0 saturated heterocycles. The maximum Gasteiger partial charge on any atom is 0.162 e. The quantitative estimate of drug-likeness (QED) is 0.676. The van der Waals surface area contributed by atoms with Crippen LogP contribution in [0.3, 0.4) is 0 Å². The molecule has 20 heavy (non-hydrogen) atoms. The smallest absolute Gasteiger partial charge is 0.162 e. The second-order valence-electron chi connectivity index (χ2n) is 6.06. The van der Waals surface area contributed by atoms with E-state index in [0.717, 1.165) is 22.3 Å². The lowest BCUT2D eigenvalue weighted by atomic mass is 10.1. The van der Waals surface area contributed by atoms with Crippen LogP contribution in [-0.2, 0) is 5.54 Å². The molecule has 4 heteroatoms. The normalized spacial score (nSPS) is 12.0. The topological polar surface area (TPSA) is 43.6 Å². The largest absolute Gasteiger partial charge is 0.244 e. The van der Waals surface area contributed by atoms with Crippen LogP contribution in [-0.4, -0.2) is 19.7 Å². The molecule has 0 unspecified atom stereocenters. The van der Waals surface area contributed by atoms with Crippen molar-refractivity contribution in [3.05, 3.63) is 42.4 Å². The van der Waals surface area contributed by atoms with Crippen molar-refractivity contribution in [1.82, 2.24) is 19.7 Å². The van der Waals surface area contributed by atoms with Crippen LogP contribution in [0, 0.1) is 6.92 Å². The molecule has 0 radical (unpaired) electrons. The average Bonchev–Trinajstić information content (AvgIpc) is 2.79. The highest BCUT2D eigenvalue weighted by atomic mass is 15.3. The highest BCUT2D eigenvalue weighted by Crippen LogP contribution is 2.29. The van der Waals surface area contributed by atoms with Gasteiger partial charge in [0.2, 0.25) is 0 Å². The van der Waals surface area contributed by atoms with Crippen LogP contribution in [0.25, 0.3) is 22.3 Å². The molecule has 0 aliphatic carbocycles. The Morgan fingerprint density at radius 3 is 2.40 bits per heavy atom. The van der Waals surface area contributed by atoms with Gasteiger partial charge < -0.3 is 0 Å². The molecule has 3 aromatic rings. The van der Waals surface area contributed by atoms with E-state index in [1.54, 1.807) is 6.33 Å². The second-order valence-corrected chi connectivity index (χ2v) is 6.06. The van der Waals surface area contributed by atoms with Gasteiger partial charge in [0.1, 0.15) is 12.0 Å². The van der Waals surface area contributed by atoms with Crippen molar-refractivity contribution < 1.29 is 0 Å². The van der Waals surface area contributed by atoms with Crippen molar-refractivity contribution in [1.29, 1.82) is 0 Å². The number of aromatic nitrogens is 4. The number of fused-ring (bicyclic) bond motifs is 1. The summed E-state index contributed by atoms with van der Waals surface area (Å²) < 4.78 is 1.97. The summed E-state index contributed by atoms with van der Waals surface area (Å²) in [4.78, 5) is 8.55. The minimum Gasteiger partial charge on any atom is -0.244 e. The van der Waals surface area contributed by atoms with E-state index < -0.39 is 0 Å². The monoisotopic (exact) mass is 266 g/mol. The van der Waals surface area contributed by atoms with Crippen LogP contribution in [0.2, 0.25) is 0 Å². The van der Waals surface area contributed by atoms with E-state index in [1.807, 2.05) is 10.9 Å². The number of hydrogen-bond donors (Lipinski definition) is 0. The zero-order valence-electron chi connectivity index (χ0n) is 12.3. The summed E-state index contributed by atoms with van der Waals surface area (Å²) in [7, 11) is 0. The van der Waals surface area contributed by atoms with Crippen LogP contribution in [0.4, 0.5) is 0 Å². The van der Waals surface area contributed by atoms with Crippen molar-refractivity contribution in [2.75, 3.05) is 0 Å². The van der Waals surface area contributed by atoms with Gasteiger partial charge in [-0.2, -0.15) is 5.10 Å². The molecule has 0 amide bonds. The Bertz CT molecular complexity index is 748. The number of rotatable bonds is 1. The van der Waals surface area contributed by atoms with E-state index in [9.17, 15) is 0 Å². The SMILES string of the molecule is Cc1ccc(-c2nn(C(C)(C)C)c3ncncc23)cc1. The third-order valence-electron chi connectivity index (χ3n) is 3.31. The van der Waals surface area contributed by atoms with Crippen molar-refractivity contribution in [3.8, 4) is 11.3 Å². The third kappa shape index (κ3) is 2.07. The van der Waals surface area contributed by atoms with Gasteiger partial charge in [0.15, 0.2) is 5.65 Å². The highest BCUT2D eigenvalue weighted by molar-refractivity contribution is 5.90. The van der Waals surface area contributed by atoms with Crippen LogP contribution < -0.4 is 0 Å². The van der Waals surface area contributed by atoms with Gasteiger partial charge >= 0.3 is 0 Å². The van der Waals surface area contributed by atoms with Crippen molar-refractivity contribution in [2.45, 2.75) is 33.2 Å². The molecule has 0 bridgehead atoms. The highest BCUT2D eigenvalue weighted by Gasteiger charge is 2.21. The molecule has 0 aliphatic rings. The Morgan fingerprint density at radius 2 is 1.75 bits per heavy atom. The lowest BCUT2D eigenvalue weighted by molar-refractivity contribution is 0.366. The molecule has 0 aliphatic heterocycles. The van der Waals surface area contributed by atoms with Gasteiger partial charge in [-0.25, -0.2) is 14.6 Å². The average molecular weight is 266 g/mol. The number of nitrogens with zero attached hydrogens (tertiary/aromatic N) is 4. The lowest BCUT2D eigenvalue weighted by Crippen LogP contribution is -2.23. The molecule has 0 atom stereocenters. The molecule has 3 rings (SSSR count). The summed E-state index contributed by atoms with van der Waals surface area (Å²) in [6.45, 7) is 8.46. The Balaban J connectivity index is 2.29.